The topological polar surface area (TPSA) is 48.7 Å². The fourth-order valence-electron chi connectivity index (χ4n) is 2.37. The van der Waals surface area contributed by atoms with Crippen molar-refractivity contribution in [3.8, 4) is 6.07 Å². The number of anilines is 1. The molecule has 0 aliphatic carbocycles. The van der Waals surface area contributed by atoms with Crippen LogP contribution in [0.3, 0.4) is 0 Å². The van der Waals surface area contributed by atoms with Gasteiger partial charge in [-0.3, -0.25) is 0 Å². The van der Waals surface area contributed by atoms with Gasteiger partial charge in [0.15, 0.2) is 0 Å². The van der Waals surface area contributed by atoms with Gasteiger partial charge in [-0.25, -0.2) is 4.98 Å². The number of aryl methyl sites for hydroxylation is 1. The lowest BCUT2D eigenvalue weighted by molar-refractivity contribution is 0.988. The van der Waals surface area contributed by atoms with E-state index in [-0.39, 0.29) is 0 Å². The largest absolute Gasteiger partial charge is 0.384 e. The first kappa shape index (κ1) is 13.6. The third-order valence-electron chi connectivity index (χ3n) is 3.37. The molecule has 3 aromatic rings. The number of nitrogens with one attached hydrogen (secondary N) is 1. The third kappa shape index (κ3) is 2.88. The highest BCUT2D eigenvalue weighted by Crippen LogP contribution is 2.26. The molecule has 0 aliphatic heterocycles. The highest BCUT2D eigenvalue weighted by atomic mass is 32.1. The number of nitriles is 1. The van der Waals surface area contributed by atoms with Crippen molar-refractivity contribution >= 4 is 27.8 Å². The van der Waals surface area contributed by atoms with E-state index in [9.17, 15) is 5.26 Å². The number of nitrogens with zero attached hydrogens (tertiary/aromatic N) is 2. The molecule has 1 aromatic heterocycles. The fraction of sp³-hybridized carbons (Fsp3) is 0.176. The van der Waals surface area contributed by atoms with E-state index in [1.807, 2.05) is 43.3 Å². The Balaban J connectivity index is 1.80. The first-order valence-electron chi connectivity index (χ1n) is 6.84. The zero-order valence-corrected chi connectivity index (χ0v) is 12.6. The van der Waals surface area contributed by atoms with E-state index in [4.69, 9.17) is 0 Å². The van der Waals surface area contributed by atoms with Gasteiger partial charge in [-0.15, -0.1) is 11.3 Å². The van der Waals surface area contributed by atoms with Gasteiger partial charge >= 0.3 is 0 Å². The Morgan fingerprint density at radius 3 is 2.71 bits per heavy atom. The zero-order chi connectivity index (χ0) is 14.7. The standard InChI is InChI=1S/C17H15N3S/c1-12-11-21-17(20-12)8-9-19-16-7-6-13(10-18)14-4-2-3-5-15(14)16/h2-7,11,19H,8-9H2,1H3. The summed E-state index contributed by atoms with van der Waals surface area (Å²) in [4.78, 5) is 4.47. The Labute approximate surface area is 127 Å². The summed E-state index contributed by atoms with van der Waals surface area (Å²) in [6.07, 6.45) is 0.910. The van der Waals surface area contributed by atoms with Crippen LogP contribution in [-0.2, 0) is 6.42 Å². The molecule has 1 heterocycles. The van der Waals surface area contributed by atoms with Crippen molar-refractivity contribution in [3.63, 3.8) is 0 Å². The second kappa shape index (κ2) is 5.94. The zero-order valence-electron chi connectivity index (χ0n) is 11.8. The normalized spacial score (nSPS) is 10.5. The maximum atomic E-state index is 9.18. The minimum atomic E-state index is 0.715. The molecule has 21 heavy (non-hydrogen) atoms. The second-order valence-corrected chi connectivity index (χ2v) is 5.82. The number of hydrogen-bond acceptors (Lipinski definition) is 4. The summed E-state index contributed by atoms with van der Waals surface area (Å²) in [5.41, 5.74) is 2.86. The molecule has 0 atom stereocenters. The molecule has 4 heteroatoms. The first-order valence-corrected chi connectivity index (χ1v) is 7.72. The highest BCUT2D eigenvalue weighted by Gasteiger charge is 2.05. The molecule has 3 rings (SSSR count). The summed E-state index contributed by atoms with van der Waals surface area (Å²) in [5.74, 6) is 0. The van der Waals surface area contributed by atoms with Crippen LogP contribution in [0.1, 0.15) is 16.3 Å². The summed E-state index contributed by atoms with van der Waals surface area (Å²) in [6, 6.07) is 14.1. The Bertz CT molecular complexity index is 814. The van der Waals surface area contributed by atoms with Gasteiger partial charge in [0.1, 0.15) is 0 Å². The third-order valence-corrected chi connectivity index (χ3v) is 4.39. The second-order valence-electron chi connectivity index (χ2n) is 4.88. The average Bonchev–Trinajstić information content (AvgIpc) is 2.93. The minimum Gasteiger partial charge on any atom is -0.384 e. The lowest BCUT2D eigenvalue weighted by Gasteiger charge is -2.10. The maximum absolute atomic E-state index is 9.18. The van der Waals surface area contributed by atoms with Crippen molar-refractivity contribution < 1.29 is 0 Å². The molecule has 0 bridgehead atoms. The van der Waals surface area contributed by atoms with Crippen LogP contribution in [0.2, 0.25) is 0 Å². The number of hydrogen-bond donors (Lipinski definition) is 1. The SMILES string of the molecule is Cc1csc(CCNc2ccc(C#N)c3ccccc23)n1. The number of rotatable bonds is 4. The summed E-state index contributed by atoms with van der Waals surface area (Å²) in [5, 5.41) is 17.9. The Hall–Kier alpha value is -2.38. The van der Waals surface area contributed by atoms with E-state index in [1.165, 1.54) is 0 Å². The van der Waals surface area contributed by atoms with Crippen molar-refractivity contribution in [2.24, 2.45) is 0 Å². The molecule has 0 radical (unpaired) electrons. The van der Waals surface area contributed by atoms with E-state index >= 15 is 0 Å². The summed E-state index contributed by atoms with van der Waals surface area (Å²) < 4.78 is 0. The van der Waals surface area contributed by atoms with Crippen molar-refractivity contribution in [2.75, 3.05) is 11.9 Å². The van der Waals surface area contributed by atoms with Gasteiger partial charge in [0.25, 0.3) is 0 Å². The number of aromatic nitrogens is 1. The van der Waals surface area contributed by atoms with Gasteiger partial charge in [-0.2, -0.15) is 5.26 Å². The van der Waals surface area contributed by atoms with Crippen molar-refractivity contribution in [3.05, 3.63) is 58.0 Å². The minimum absolute atomic E-state index is 0.715. The van der Waals surface area contributed by atoms with Gasteiger partial charge in [0.2, 0.25) is 0 Å². The predicted octanol–water partition coefficient (Wildman–Crippen LogP) is 4.13. The molecule has 1 N–H and O–H groups in total. The molecule has 2 aromatic carbocycles. The van der Waals surface area contributed by atoms with Crippen molar-refractivity contribution in [1.82, 2.24) is 4.98 Å². The Morgan fingerprint density at radius 2 is 2.00 bits per heavy atom. The lowest BCUT2D eigenvalue weighted by atomic mass is 10.0. The van der Waals surface area contributed by atoms with E-state index in [2.05, 4.69) is 21.8 Å². The van der Waals surface area contributed by atoms with Crippen LogP contribution < -0.4 is 5.32 Å². The fourth-order valence-corrected chi connectivity index (χ4v) is 3.15. The molecule has 0 unspecified atom stereocenters. The van der Waals surface area contributed by atoms with Crippen LogP contribution in [0, 0.1) is 18.3 Å². The number of fused-ring (bicyclic) bond motifs is 1. The molecule has 0 saturated heterocycles. The lowest BCUT2D eigenvalue weighted by Crippen LogP contribution is -2.05. The molecule has 0 saturated carbocycles. The summed E-state index contributed by atoms with van der Waals surface area (Å²) >= 11 is 1.70. The van der Waals surface area contributed by atoms with Gasteiger partial charge in [-0.05, 0) is 19.1 Å². The van der Waals surface area contributed by atoms with E-state index in [0.29, 0.717) is 5.56 Å². The monoisotopic (exact) mass is 293 g/mol. The van der Waals surface area contributed by atoms with Crippen LogP contribution in [0.5, 0.6) is 0 Å². The summed E-state index contributed by atoms with van der Waals surface area (Å²) in [6.45, 7) is 2.85. The number of thiazole rings is 1. The highest BCUT2D eigenvalue weighted by molar-refractivity contribution is 7.09. The van der Waals surface area contributed by atoms with Crippen LogP contribution in [-0.4, -0.2) is 11.5 Å². The molecule has 3 nitrogen and oxygen atoms in total. The predicted molar refractivity (Wildman–Crippen MR) is 87.7 cm³/mol. The van der Waals surface area contributed by atoms with E-state index in [1.54, 1.807) is 11.3 Å². The van der Waals surface area contributed by atoms with Crippen LogP contribution in [0.25, 0.3) is 10.8 Å². The molecule has 0 spiro atoms. The van der Waals surface area contributed by atoms with Crippen LogP contribution in [0.15, 0.2) is 41.8 Å². The van der Waals surface area contributed by atoms with E-state index in [0.717, 1.165) is 40.1 Å². The molecule has 0 aliphatic rings. The van der Waals surface area contributed by atoms with Gasteiger partial charge in [0, 0.05) is 40.5 Å². The van der Waals surface area contributed by atoms with E-state index < -0.39 is 0 Å². The Morgan fingerprint density at radius 1 is 1.19 bits per heavy atom. The molecular weight excluding hydrogens is 278 g/mol. The van der Waals surface area contributed by atoms with Gasteiger partial charge < -0.3 is 5.32 Å². The van der Waals surface area contributed by atoms with Crippen LogP contribution in [0.4, 0.5) is 5.69 Å². The molecule has 0 fully saturated rings. The quantitative estimate of drug-likeness (QED) is 0.786. The number of benzene rings is 2. The smallest absolute Gasteiger partial charge is 0.0998 e. The summed E-state index contributed by atoms with van der Waals surface area (Å²) in [7, 11) is 0. The first-order chi connectivity index (χ1) is 10.3. The van der Waals surface area contributed by atoms with Gasteiger partial charge in [-0.1, -0.05) is 24.3 Å². The molecule has 104 valence electrons. The van der Waals surface area contributed by atoms with Gasteiger partial charge in [0.05, 0.1) is 16.6 Å². The Kier molecular flexibility index (Phi) is 3.85. The van der Waals surface area contributed by atoms with Crippen molar-refractivity contribution in [2.45, 2.75) is 13.3 Å². The van der Waals surface area contributed by atoms with Crippen molar-refractivity contribution in [1.29, 1.82) is 5.26 Å². The molecule has 0 amide bonds. The van der Waals surface area contributed by atoms with Crippen LogP contribution >= 0.6 is 11.3 Å². The average molecular weight is 293 g/mol. The maximum Gasteiger partial charge on any atom is 0.0998 e. The molecular formula is C17H15N3S.